The number of pyridine rings is 2. The second-order valence-electron chi connectivity index (χ2n) is 6.68. The minimum Gasteiger partial charge on any atom is -0.378 e. The number of nitrogens with zero attached hydrogens (tertiary/aromatic N) is 7. The van der Waals surface area contributed by atoms with Crippen molar-refractivity contribution in [1.29, 1.82) is 0 Å². The summed E-state index contributed by atoms with van der Waals surface area (Å²) in [4.78, 5) is 14.6. The van der Waals surface area contributed by atoms with Gasteiger partial charge in [-0.3, -0.25) is 0 Å². The summed E-state index contributed by atoms with van der Waals surface area (Å²) in [6.07, 6.45) is 7.00. The second kappa shape index (κ2) is 6.73. The topological polar surface area (TPSA) is 110 Å². The zero-order chi connectivity index (χ0) is 19.1. The average molecular weight is 380 g/mol. The van der Waals surface area contributed by atoms with E-state index in [9.17, 15) is 4.39 Å². The summed E-state index contributed by atoms with van der Waals surface area (Å²) in [5, 5.41) is 8.25. The Morgan fingerprint density at radius 3 is 2.79 bits per heavy atom. The van der Waals surface area contributed by atoms with E-state index in [1.54, 1.807) is 30.9 Å². The zero-order valence-corrected chi connectivity index (χ0v) is 14.8. The quantitative estimate of drug-likeness (QED) is 0.573. The van der Waals surface area contributed by atoms with E-state index in [0.717, 1.165) is 5.52 Å². The fourth-order valence-electron chi connectivity index (χ4n) is 3.54. The lowest BCUT2D eigenvalue weighted by Crippen LogP contribution is -2.37. The SMILES string of the molecule is NC1COCC(n2c(-c3ncccc3F)nc3cnc(-n4nccn4)cc32)C1. The van der Waals surface area contributed by atoms with Crippen molar-refractivity contribution >= 4 is 11.0 Å². The van der Waals surface area contributed by atoms with Gasteiger partial charge in [-0.15, -0.1) is 4.80 Å². The Hall–Kier alpha value is -3.24. The Morgan fingerprint density at radius 1 is 1.14 bits per heavy atom. The minimum absolute atomic E-state index is 0.105. The molecule has 1 saturated heterocycles. The van der Waals surface area contributed by atoms with Crippen molar-refractivity contribution in [2.75, 3.05) is 13.2 Å². The molecule has 1 fully saturated rings. The van der Waals surface area contributed by atoms with Gasteiger partial charge in [0.1, 0.15) is 11.2 Å². The normalized spacial score (nSPS) is 19.9. The second-order valence-corrected chi connectivity index (χ2v) is 6.68. The van der Waals surface area contributed by atoms with Gasteiger partial charge >= 0.3 is 0 Å². The summed E-state index contributed by atoms with van der Waals surface area (Å²) in [5.41, 5.74) is 7.68. The highest BCUT2D eigenvalue weighted by molar-refractivity contribution is 5.81. The van der Waals surface area contributed by atoms with Crippen LogP contribution in [-0.2, 0) is 4.74 Å². The largest absolute Gasteiger partial charge is 0.378 e. The van der Waals surface area contributed by atoms with Gasteiger partial charge in [0.2, 0.25) is 0 Å². The molecule has 0 aromatic carbocycles. The van der Waals surface area contributed by atoms with E-state index in [-0.39, 0.29) is 17.8 Å². The molecule has 142 valence electrons. The fourth-order valence-corrected chi connectivity index (χ4v) is 3.54. The van der Waals surface area contributed by atoms with Gasteiger partial charge < -0.3 is 15.0 Å². The minimum atomic E-state index is -0.443. The number of ether oxygens (including phenoxy) is 1. The summed E-state index contributed by atoms with van der Waals surface area (Å²) in [7, 11) is 0. The van der Waals surface area contributed by atoms with Crippen LogP contribution < -0.4 is 5.73 Å². The molecule has 1 aliphatic rings. The van der Waals surface area contributed by atoms with Crippen LogP contribution in [0.25, 0.3) is 28.4 Å². The van der Waals surface area contributed by atoms with Crippen LogP contribution in [0.5, 0.6) is 0 Å². The molecule has 4 aromatic heterocycles. The first-order valence-corrected chi connectivity index (χ1v) is 8.89. The molecule has 9 nitrogen and oxygen atoms in total. The molecular weight excluding hydrogens is 363 g/mol. The predicted octanol–water partition coefficient (Wildman–Crippen LogP) is 1.50. The molecule has 10 heteroatoms. The van der Waals surface area contributed by atoms with Crippen molar-refractivity contribution in [3.05, 3.63) is 48.8 Å². The summed E-state index contributed by atoms with van der Waals surface area (Å²) < 4.78 is 22.1. The van der Waals surface area contributed by atoms with Crippen molar-refractivity contribution in [3.63, 3.8) is 0 Å². The van der Waals surface area contributed by atoms with Crippen LogP contribution in [0.15, 0.2) is 43.0 Å². The Bertz CT molecular complexity index is 1130. The number of aromatic nitrogens is 7. The Kier molecular flexibility index (Phi) is 4.06. The molecule has 2 atom stereocenters. The van der Waals surface area contributed by atoms with E-state index >= 15 is 0 Å². The van der Waals surface area contributed by atoms with Crippen molar-refractivity contribution < 1.29 is 9.13 Å². The molecule has 0 amide bonds. The highest BCUT2D eigenvalue weighted by Gasteiger charge is 2.28. The highest BCUT2D eigenvalue weighted by Crippen LogP contribution is 2.32. The number of hydrogen-bond acceptors (Lipinski definition) is 7. The van der Waals surface area contributed by atoms with Gasteiger partial charge in [0.25, 0.3) is 0 Å². The summed E-state index contributed by atoms with van der Waals surface area (Å²) in [6.45, 7) is 0.957. The summed E-state index contributed by atoms with van der Waals surface area (Å²) in [5.74, 6) is 0.512. The molecule has 5 heterocycles. The molecule has 0 bridgehead atoms. The van der Waals surface area contributed by atoms with Crippen molar-refractivity contribution in [2.24, 2.45) is 5.73 Å². The van der Waals surface area contributed by atoms with E-state index in [2.05, 4.69) is 25.1 Å². The first kappa shape index (κ1) is 16.9. The Balaban J connectivity index is 1.74. The van der Waals surface area contributed by atoms with Gasteiger partial charge in [0.05, 0.1) is 43.4 Å². The van der Waals surface area contributed by atoms with Gasteiger partial charge in [-0.2, -0.15) is 10.2 Å². The summed E-state index contributed by atoms with van der Waals surface area (Å²) >= 11 is 0. The molecule has 4 aromatic rings. The third-order valence-electron chi connectivity index (χ3n) is 4.74. The third-order valence-corrected chi connectivity index (χ3v) is 4.74. The molecule has 1 aliphatic heterocycles. The first-order chi connectivity index (χ1) is 13.7. The standard InChI is InChI=1S/C18H17FN8O/c19-13-2-1-3-21-17(13)18-25-14-8-22-16(27-23-4-5-24-27)7-15(14)26(18)12-6-11(20)9-28-10-12/h1-5,7-8,11-12H,6,9-10,20H2. The number of imidazole rings is 1. The van der Waals surface area contributed by atoms with Crippen LogP contribution in [0.4, 0.5) is 4.39 Å². The molecular formula is C18H17FN8O. The van der Waals surface area contributed by atoms with Gasteiger partial charge in [0.15, 0.2) is 17.5 Å². The van der Waals surface area contributed by atoms with Crippen LogP contribution in [0, 0.1) is 5.82 Å². The number of nitrogens with two attached hydrogens (primary N) is 1. The smallest absolute Gasteiger partial charge is 0.176 e. The summed E-state index contributed by atoms with van der Waals surface area (Å²) in [6, 6.07) is 4.53. The highest BCUT2D eigenvalue weighted by atomic mass is 19.1. The van der Waals surface area contributed by atoms with Gasteiger partial charge in [-0.1, -0.05) is 0 Å². The maximum absolute atomic E-state index is 14.5. The van der Waals surface area contributed by atoms with Crippen LogP contribution in [0.1, 0.15) is 12.5 Å². The Labute approximate surface area is 159 Å². The van der Waals surface area contributed by atoms with Gasteiger partial charge in [0, 0.05) is 18.3 Å². The maximum atomic E-state index is 14.5. The Morgan fingerprint density at radius 2 is 2.00 bits per heavy atom. The van der Waals surface area contributed by atoms with E-state index in [0.29, 0.717) is 36.8 Å². The lowest BCUT2D eigenvalue weighted by molar-refractivity contribution is 0.0472. The molecule has 28 heavy (non-hydrogen) atoms. The van der Waals surface area contributed by atoms with Crippen LogP contribution in [0.2, 0.25) is 0 Å². The molecule has 0 radical (unpaired) electrons. The number of fused-ring (bicyclic) bond motifs is 1. The monoisotopic (exact) mass is 380 g/mol. The molecule has 2 N–H and O–H groups in total. The molecule has 0 saturated carbocycles. The van der Waals surface area contributed by atoms with Gasteiger partial charge in [-0.05, 0) is 18.6 Å². The van der Waals surface area contributed by atoms with E-state index in [4.69, 9.17) is 10.5 Å². The van der Waals surface area contributed by atoms with Crippen molar-refractivity contribution in [2.45, 2.75) is 18.5 Å². The predicted molar refractivity (Wildman–Crippen MR) is 98.1 cm³/mol. The van der Waals surface area contributed by atoms with Crippen molar-refractivity contribution in [3.8, 4) is 17.3 Å². The van der Waals surface area contributed by atoms with Crippen LogP contribution >= 0.6 is 0 Å². The lowest BCUT2D eigenvalue weighted by atomic mass is 10.1. The molecule has 0 spiro atoms. The van der Waals surface area contributed by atoms with E-state index in [1.165, 1.54) is 10.9 Å². The molecule has 5 rings (SSSR count). The molecule has 2 unspecified atom stereocenters. The van der Waals surface area contributed by atoms with Crippen LogP contribution in [-0.4, -0.2) is 53.8 Å². The first-order valence-electron chi connectivity index (χ1n) is 8.89. The molecule has 0 aliphatic carbocycles. The average Bonchev–Trinajstić information content (AvgIpc) is 3.36. The maximum Gasteiger partial charge on any atom is 0.176 e. The number of rotatable bonds is 3. The lowest BCUT2D eigenvalue weighted by Gasteiger charge is -2.29. The van der Waals surface area contributed by atoms with E-state index < -0.39 is 5.82 Å². The number of hydrogen-bond donors (Lipinski definition) is 1. The van der Waals surface area contributed by atoms with Crippen molar-refractivity contribution in [1.82, 2.24) is 34.5 Å². The fraction of sp³-hybridized carbons (Fsp3) is 0.278. The van der Waals surface area contributed by atoms with E-state index in [1.807, 2.05) is 10.6 Å². The van der Waals surface area contributed by atoms with Gasteiger partial charge in [-0.25, -0.2) is 19.3 Å². The third kappa shape index (κ3) is 2.83. The zero-order valence-electron chi connectivity index (χ0n) is 14.8. The number of halogens is 1. The van der Waals surface area contributed by atoms with Crippen LogP contribution in [0.3, 0.4) is 0 Å².